The summed E-state index contributed by atoms with van der Waals surface area (Å²) in [6.45, 7) is 1.89. The van der Waals surface area contributed by atoms with Crippen LogP contribution in [0.5, 0.6) is 0 Å². The van der Waals surface area contributed by atoms with Gasteiger partial charge in [-0.15, -0.1) is 0 Å². The van der Waals surface area contributed by atoms with E-state index >= 15 is 0 Å². The first-order chi connectivity index (χ1) is 5.11. The van der Waals surface area contributed by atoms with Gasteiger partial charge in [-0.25, -0.2) is 0 Å². The van der Waals surface area contributed by atoms with E-state index in [4.69, 9.17) is 4.84 Å². The van der Waals surface area contributed by atoms with Gasteiger partial charge in [0.1, 0.15) is 0 Å². The molecule has 0 saturated carbocycles. The van der Waals surface area contributed by atoms with Gasteiger partial charge in [-0.05, 0) is 6.92 Å². The maximum atomic E-state index is 10.7. The van der Waals surface area contributed by atoms with Gasteiger partial charge in [-0.2, -0.15) is 5.06 Å². The summed E-state index contributed by atoms with van der Waals surface area (Å²) in [5.41, 5.74) is 0. The molecule has 1 unspecified atom stereocenters. The zero-order valence-corrected chi connectivity index (χ0v) is 7.46. The Morgan fingerprint density at radius 1 is 1.55 bits per heavy atom. The molecule has 0 spiro atoms. The van der Waals surface area contributed by atoms with Gasteiger partial charge in [0.25, 0.3) is 0 Å². The molecule has 11 heavy (non-hydrogen) atoms. The summed E-state index contributed by atoms with van der Waals surface area (Å²) in [6, 6.07) is 0.0486. The number of nitrogens with zero attached hydrogens (tertiary/aromatic N) is 1. The smallest absolute Gasteiger partial charge is 0.307 e. The molecule has 0 aromatic carbocycles. The largest absolute Gasteiger partial charge is 0.469 e. The van der Waals surface area contributed by atoms with Gasteiger partial charge >= 0.3 is 5.97 Å². The molecule has 0 aliphatic carbocycles. The monoisotopic (exact) mass is 161 g/mol. The lowest BCUT2D eigenvalue weighted by molar-refractivity contribution is -0.157. The second-order valence-electron chi connectivity index (χ2n) is 2.36. The quantitative estimate of drug-likeness (QED) is 0.443. The maximum Gasteiger partial charge on any atom is 0.307 e. The molecule has 0 rings (SSSR count). The highest BCUT2D eigenvalue weighted by molar-refractivity contribution is 5.69. The van der Waals surface area contributed by atoms with Gasteiger partial charge in [-0.1, -0.05) is 0 Å². The first-order valence-corrected chi connectivity index (χ1v) is 3.45. The van der Waals surface area contributed by atoms with E-state index in [0.29, 0.717) is 6.42 Å². The lowest BCUT2D eigenvalue weighted by Gasteiger charge is -2.20. The number of rotatable bonds is 4. The van der Waals surface area contributed by atoms with Crippen molar-refractivity contribution in [2.75, 3.05) is 21.3 Å². The van der Waals surface area contributed by atoms with Crippen LogP contribution in [0, 0.1) is 0 Å². The van der Waals surface area contributed by atoms with Crippen molar-refractivity contribution in [3.05, 3.63) is 0 Å². The fraction of sp³-hybridized carbons (Fsp3) is 0.857. The molecule has 0 aliphatic heterocycles. The van der Waals surface area contributed by atoms with E-state index in [1.165, 1.54) is 7.11 Å². The molecule has 0 radical (unpaired) electrons. The van der Waals surface area contributed by atoms with Crippen molar-refractivity contribution < 1.29 is 14.4 Å². The minimum atomic E-state index is -0.221. The third-order valence-corrected chi connectivity index (χ3v) is 1.60. The first-order valence-electron chi connectivity index (χ1n) is 3.45. The van der Waals surface area contributed by atoms with Crippen molar-refractivity contribution in [2.45, 2.75) is 19.4 Å². The Morgan fingerprint density at radius 3 is 2.45 bits per heavy atom. The Kier molecular flexibility index (Phi) is 4.81. The minimum absolute atomic E-state index is 0.0486. The SMILES string of the molecule is COC(=O)CC(C)N(C)OC. The van der Waals surface area contributed by atoms with Crippen LogP contribution >= 0.6 is 0 Å². The molecule has 0 fully saturated rings. The standard InChI is InChI=1S/C7H15NO3/c1-6(8(2)11-4)5-7(9)10-3/h6H,5H2,1-4H3. The summed E-state index contributed by atoms with van der Waals surface area (Å²) >= 11 is 0. The first kappa shape index (κ1) is 10.4. The second kappa shape index (κ2) is 5.09. The van der Waals surface area contributed by atoms with Crippen LogP contribution in [0.3, 0.4) is 0 Å². The molecular weight excluding hydrogens is 146 g/mol. The summed E-state index contributed by atoms with van der Waals surface area (Å²) in [6.07, 6.45) is 0.348. The van der Waals surface area contributed by atoms with Crippen LogP contribution in [-0.2, 0) is 14.4 Å². The second-order valence-corrected chi connectivity index (χ2v) is 2.36. The zero-order valence-electron chi connectivity index (χ0n) is 7.46. The Bertz CT molecular complexity index is 127. The van der Waals surface area contributed by atoms with Crippen LogP contribution in [0.1, 0.15) is 13.3 Å². The highest BCUT2D eigenvalue weighted by Gasteiger charge is 2.12. The van der Waals surface area contributed by atoms with Crippen molar-refractivity contribution in [1.29, 1.82) is 0 Å². The van der Waals surface area contributed by atoms with Crippen LogP contribution in [0.15, 0.2) is 0 Å². The van der Waals surface area contributed by atoms with Crippen molar-refractivity contribution in [1.82, 2.24) is 5.06 Å². The van der Waals surface area contributed by atoms with Crippen LogP contribution in [-0.4, -0.2) is 38.3 Å². The van der Waals surface area contributed by atoms with Gasteiger partial charge in [0.15, 0.2) is 0 Å². The summed E-state index contributed by atoms with van der Waals surface area (Å²) in [7, 11) is 4.71. The highest BCUT2D eigenvalue weighted by Crippen LogP contribution is 2.01. The lowest BCUT2D eigenvalue weighted by Crippen LogP contribution is -2.30. The summed E-state index contributed by atoms with van der Waals surface area (Å²) in [4.78, 5) is 15.6. The number of hydrogen-bond donors (Lipinski definition) is 0. The topological polar surface area (TPSA) is 38.8 Å². The average molecular weight is 161 g/mol. The van der Waals surface area contributed by atoms with Gasteiger partial charge < -0.3 is 9.57 Å². The van der Waals surface area contributed by atoms with Crippen molar-refractivity contribution >= 4 is 5.97 Å². The van der Waals surface area contributed by atoms with Crippen LogP contribution < -0.4 is 0 Å². The number of carbonyl (C=O) groups excluding carboxylic acids is 1. The maximum absolute atomic E-state index is 10.7. The van der Waals surface area contributed by atoms with Crippen LogP contribution in [0.4, 0.5) is 0 Å². The molecule has 0 aliphatic rings. The number of hydroxylamine groups is 2. The molecule has 0 aromatic rings. The fourth-order valence-corrected chi connectivity index (χ4v) is 0.633. The van der Waals surface area contributed by atoms with E-state index < -0.39 is 0 Å². The van der Waals surface area contributed by atoms with E-state index in [0.717, 1.165) is 0 Å². The van der Waals surface area contributed by atoms with Crippen LogP contribution in [0.25, 0.3) is 0 Å². The normalized spacial score (nSPS) is 13.2. The Balaban J connectivity index is 3.67. The fourth-order valence-electron chi connectivity index (χ4n) is 0.633. The molecular formula is C7H15NO3. The molecule has 66 valence electrons. The molecule has 0 bridgehead atoms. The van der Waals surface area contributed by atoms with E-state index in [1.54, 1.807) is 19.2 Å². The van der Waals surface area contributed by atoms with E-state index in [1.807, 2.05) is 6.92 Å². The number of carbonyl (C=O) groups is 1. The molecule has 0 saturated heterocycles. The number of methoxy groups -OCH3 is 1. The molecule has 1 atom stereocenters. The lowest BCUT2D eigenvalue weighted by atomic mass is 10.2. The van der Waals surface area contributed by atoms with Crippen molar-refractivity contribution in [2.24, 2.45) is 0 Å². The Morgan fingerprint density at radius 2 is 2.09 bits per heavy atom. The number of hydrogen-bond acceptors (Lipinski definition) is 4. The van der Waals surface area contributed by atoms with Crippen molar-refractivity contribution in [3.8, 4) is 0 Å². The van der Waals surface area contributed by atoms with E-state index in [-0.39, 0.29) is 12.0 Å². The molecule has 0 N–H and O–H groups in total. The van der Waals surface area contributed by atoms with Gasteiger partial charge in [0.2, 0.25) is 0 Å². The third kappa shape index (κ3) is 3.95. The average Bonchev–Trinajstić information content (AvgIpc) is 2.02. The van der Waals surface area contributed by atoms with Gasteiger partial charge in [-0.3, -0.25) is 4.79 Å². The molecule has 0 heterocycles. The summed E-state index contributed by atoms with van der Waals surface area (Å²) in [5.74, 6) is -0.221. The summed E-state index contributed by atoms with van der Waals surface area (Å²) in [5, 5.41) is 1.61. The molecule has 0 aromatic heterocycles. The van der Waals surface area contributed by atoms with Gasteiger partial charge in [0, 0.05) is 13.1 Å². The number of ether oxygens (including phenoxy) is 1. The highest BCUT2D eigenvalue weighted by atomic mass is 16.7. The minimum Gasteiger partial charge on any atom is -0.469 e. The zero-order chi connectivity index (χ0) is 8.85. The van der Waals surface area contributed by atoms with E-state index in [9.17, 15) is 4.79 Å². The molecule has 4 nitrogen and oxygen atoms in total. The van der Waals surface area contributed by atoms with E-state index in [2.05, 4.69) is 4.74 Å². The summed E-state index contributed by atoms with van der Waals surface area (Å²) < 4.78 is 4.49. The third-order valence-electron chi connectivity index (χ3n) is 1.60. The number of esters is 1. The van der Waals surface area contributed by atoms with Crippen LogP contribution in [0.2, 0.25) is 0 Å². The Hall–Kier alpha value is -0.610. The predicted octanol–water partition coefficient (Wildman–Crippen LogP) is 0.431. The van der Waals surface area contributed by atoms with Crippen molar-refractivity contribution in [3.63, 3.8) is 0 Å². The predicted molar refractivity (Wildman–Crippen MR) is 40.9 cm³/mol. The molecule has 4 heteroatoms. The Labute approximate surface area is 67.0 Å². The van der Waals surface area contributed by atoms with Gasteiger partial charge in [0.05, 0.1) is 20.6 Å². The molecule has 0 amide bonds.